The summed E-state index contributed by atoms with van der Waals surface area (Å²) in [5.41, 5.74) is 0. The Bertz CT molecular complexity index is 1120. The lowest BCUT2D eigenvalue weighted by Gasteiger charge is -2.22. The molecular weight excluding hydrogens is 883 g/mol. The van der Waals surface area contributed by atoms with Crippen LogP contribution in [0, 0.1) is 11.8 Å². The molecule has 1 amide bonds. The Morgan fingerprint density at radius 2 is 0.690 bits per heavy atom. The summed E-state index contributed by atoms with van der Waals surface area (Å²) in [5.74, 6) is 0.886. The molecule has 0 saturated carbocycles. The lowest BCUT2D eigenvalue weighted by molar-refractivity contribution is -0.151. The number of nitrogens with one attached hydrogen (secondary N) is 1. The Balaban J connectivity index is 5.16. The van der Waals surface area contributed by atoms with Crippen molar-refractivity contribution in [3.05, 3.63) is 0 Å². The van der Waals surface area contributed by atoms with Gasteiger partial charge in [-0.25, -0.2) is 4.79 Å². The van der Waals surface area contributed by atoms with Crippen molar-refractivity contribution in [2.75, 3.05) is 54.4 Å². The van der Waals surface area contributed by atoms with Gasteiger partial charge in [0.1, 0.15) is 12.2 Å². The maximum absolute atomic E-state index is 13.6. The molecule has 0 radical (unpaired) electrons. The van der Waals surface area contributed by atoms with E-state index in [9.17, 15) is 14.4 Å². The number of hydrogen-bond acceptors (Lipinski definition) is 8. The van der Waals surface area contributed by atoms with Crippen LogP contribution in [0.4, 0.5) is 4.79 Å². The fourth-order valence-corrected chi connectivity index (χ4v) is 10.2. The fourth-order valence-electron chi connectivity index (χ4n) is 10.2. The van der Waals surface area contributed by atoms with Crippen LogP contribution in [0.1, 0.15) is 304 Å². The Morgan fingerprint density at radius 1 is 0.366 bits per heavy atom. The number of amides is 1. The normalized spacial score (nSPS) is 12.6. The lowest BCUT2D eigenvalue weighted by atomic mass is 9.91. The molecule has 0 fully saturated rings. The number of rotatable bonds is 55. The highest BCUT2D eigenvalue weighted by atomic mass is 16.6. The second-order valence-electron chi connectivity index (χ2n) is 22.6. The van der Waals surface area contributed by atoms with Gasteiger partial charge in [0.15, 0.2) is 0 Å². The summed E-state index contributed by atoms with van der Waals surface area (Å²) in [6.45, 7) is 12.1. The van der Waals surface area contributed by atoms with Crippen LogP contribution >= 0.6 is 0 Å². The molecule has 0 aliphatic heterocycles. The van der Waals surface area contributed by atoms with Gasteiger partial charge in [0, 0.05) is 19.4 Å². The standard InChI is InChI=1S/C62H123N3O6/c1-9-13-17-21-25-32-42-56(43-33-26-22-18-14-10-2)54-60(66)69-53-39-30-29-36-47-59(71-62(68)63-50-41-52-65(7)8)48-38-31-37-46-58(49-40-51-64(5)6)70-61(67)55-57(44-34-27-23-19-15-11-3)45-35-28-24-20-16-12-4/h56-59H,9-55H2,1-8H3,(H,63,68). The first kappa shape index (κ1) is 69.1. The molecule has 9 heteroatoms. The van der Waals surface area contributed by atoms with Crippen LogP contribution in [0.2, 0.25) is 0 Å². The van der Waals surface area contributed by atoms with Crippen LogP contribution in [0.15, 0.2) is 0 Å². The lowest BCUT2D eigenvalue weighted by Crippen LogP contribution is -2.31. The molecule has 0 heterocycles. The van der Waals surface area contributed by atoms with E-state index in [4.69, 9.17) is 14.2 Å². The first-order valence-corrected chi connectivity index (χ1v) is 31.1. The third-order valence-electron chi connectivity index (χ3n) is 14.8. The predicted octanol–water partition coefficient (Wildman–Crippen LogP) is 17.7. The molecule has 0 aliphatic rings. The molecule has 422 valence electrons. The second-order valence-corrected chi connectivity index (χ2v) is 22.6. The van der Waals surface area contributed by atoms with Crippen LogP contribution in [0.25, 0.3) is 0 Å². The van der Waals surface area contributed by atoms with E-state index in [1.165, 1.54) is 154 Å². The van der Waals surface area contributed by atoms with Gasteiger partial charge < -0.3 is 29.3 Å². The number of alkyl carbamates (subject to hydrolysis) is 1. The molecule has 0 spiro atoms. The number of hydrogen-bond donors (Lipinski definition) is 1. The van der Waals surface area contributed by atoms with Crippen molar-refractivity contribution in [3.8, 4) is 0 Å². The first-order chi connectivity index (χ1) is 34.5. The zero-order chi connectivity index (χ0) is 52.3. The van der Waals surface area contributed by atoms with E-state index in [0.717, 1.165) is 122 Å². The third kappa shape index (κ3) is 50.1. The van der Waals surface area contributed by atoms with E-state index in [2.05, 4.69) is 56.9 Å². The molecule has 2 unspecified atom stereocenters. The Morgan fingerprint density at radius 3 is 1.11 bits per heavy atom. The minimum Gasteiger partial charge on any atom is -0.466 e. The van der Waals surface area contributed by atoms with E-state index in [1.807, 2.05) is 14.1 Å². The maximum Gasteiger partial charge on any atom is 0.407 e. The number of nitrogens with zero attached hydrogens (tertiary/aromatic N) is 2. The SMILES string of the molecule is CCCCCCCCC(CCCCCCCC)CC(=O)OCCCCCCC(CCCCCC(CCCN(C)C)OC(=O)CC(CCCCCCCC)CCCCCCCC)OC(=O)NCCCN(C)C. The largest absolute Gasteiger partial charge is 0.466 e. The van der Waals surface area contributed by atoms with Gasteiger partial charge in [-0.15, -0.1) is 0 Å². The van der Waals surface area contributed by atoms with E-state index >= 15 is 0 Å². The third-order valence-corrected chi connectivity index (χ3v) is 14.8. The van der Waals surface area contributed by atoms with Gasteiger partial charge in [0.25, 0.3) is 0 Å². The average molecular weight is 1010 g/mol. The second kappa shape index (κ2) is 53.0. The number of ether oxygens (including phenoxy) is 3. The zero-order valence-electron chi connectivity index (χ0n) is 48.9. The number of unbranched alkanes of at least 4 members (excludes halogenated alkanes) is 25. The zero-order valence-corrected chi connectivity index (χ0v) is 48.9. The van der Waals surface area contributed by atoms with Crippen LogP contribution < -0.4 is 5.32 Å². The smallest absolute Gasteiger partial charge is 0.407 e. The summed E-state index contributed by atoms with van der Waals surface area (Å²) in [6, 6.07) is 0. The molecule has 1 N–H and O–H groups in total. The van der Waals surface area contributed by atoms with Crippen molar-refractivity contribution < 1.29 is 28.6 Å². The van der Waals surface area contributed by atoms with Crippen LogP contribution in [-0.2, 0) is 23.8 Å². The first-order valence-electron chi connectivity index (χ1n) is 31.1. The van der Waals surface area contributed by atoms with E-state index in [0.29, 0.717) is 37.8 Å². The molecular formula is C62H123N3O6. The van der Waals surface area contributed by atoms with Crippen molar-refractivity contribution in [2.24, 2.45) is 11.8 Å². The Hall–Kier alpha value is -1.87. The number of esters is 2. The summed E-state index contributed by atoms with van der Waals surface area (Å²) in [6.07, 6.45) is 48.5. The van der Waals surface area contributed by atoms with E-state index < -0.39 is 0 Å². The topological polar surface area (TPSA) is 97.4 Å². The quantitative estimate of drug-likeness (QED) is 0.0366. The molecule has 0 aromatic rings. The van der Waals surface area contributed by atoms with Crippen molar-refractivity contribution in [1.82, 2.24) is 15.1 Å². The fraction of sp³-hybridized carbons (Fsp3) is 0.952. The van der Waals surface area contributed by atoms with Gasteiger partial charge in [0.05, 0.1) is 6.61 Å². The predicted molar refractivity (Wildman–Crippen MR) is 304 cm³/mol. The molecule has 0 aromatic carbocycles. The Labute approximate surface area is 442 Å². The monoisotopic (exact) mass is 1010 g/mol. The summed E-state index contributed by atoms with van der Waals surface area (Å²) >= 11 is 0. The van der Waals surface area contributed by atoms with Gasteiger partial charge in [-0.05, 0) is 143 Å². The minimum atomic E-state index is -0.314. The molecule has 0 aromatic heterocycles. The average Bonchev–Trinajstić information content (AvgIpc) is 3.33. The van der Waals surface area contributed by atoms with Gasteiger partial charge >= 0.3 is 18.0 Å². The molecule has 71 heavy (non-hydrogen) atoms. The highest BCUT2D eigenvalue weighted by Crippen LogP contribution is 2.26. The summed E-state index contributed by atoms with van der Waals surface area (Å²) in [7, 11) is 8.32. The molecule has 9 nitrogen and oxygen atoms in total. The molecule has 0 aliphatic carbocycles. The van der Waals surface area contributed by atoms with Gasteiger partial charge in [-0.1, -0.05) is 201 Å². The van der Waals surface area contributed by atoms with Crippen LogP contribution in [0.5, 0.6) is 0 Å². The van der Waals surface area contributed by atoms with Crippen molar-refractivity contribution >= 4 is 18.0 Å². The maximum atomic E-state index is 13.6. The number of carbonyl (C=O) groups is 3. The minimum absolute atomic E-state index is 0.0104. The summed E-state index contributed by atoms with van der Waals surface area (Å²) < 4.78 is 18.2. The Kier molecular flexibility index (Phi) is 51.6. The summed E-state index contributed by atoms with van der Waals surface area (Å²) in [5, 5.41) is 2.98. The highest BCUT2D eigenvalue weighted by molar-refractivity contribution is 5.70. The van der Waals surface area contributed by atoms with E-state index in [1.54, 1.807) is 0 Å². The van der Waals surface area contributed by atoms with Gasteiger partial charge in [-0.2, -0.15) is 0 Å². The molecule has 0 bridgehead atoms. The van der Waals surface area contributed by atoms with Crippen molar-refractivity contribution in [2.45, 2.75) is 316 Å². The molecule has 0 saturated heterocycles. The van der Waals surface area contributed by atoms with Crippen LogP contribution in [0.3, 0.4) is 0 Å². The van der Waals surface area contributed by atoms with E-state index in [-0.39, 0.29) is 30.2 Å². The van der Waals surface area contributed by atoms with Gasteiger partial charge in [-0.3, -0.25) is 9.59 Å². The highest BCUT2D eigenvalue weighted by Gasteiger charge is 2.21. The number of carbonyl (C=O) groups excluding carboxylic acids is 3. The van der Waals surface area contributed by atoms with Gasteiger partial charge in [0.2, 0.25) is 0 Å². The van der Waals surface area contributed by atoms with Crippen molar-refractivity contribution in [1.29, 1.82) is 0 Å². The van der Waals surface area contributed by atoms with Crippen molar-refractivity contribution in [3.63, 3.8) is 0 Å². The molecule has 2 atom stereocenters. The summed E-state index contributed by atoms with van der Waals surface area (Å²) in [4.78, 5) is 43.8. The van der Waals surface area contributed by atoms with Crippen LogP contribution in [-0.4, -0.2) is 94.5 Å². The molecule has 0 rings (SSSR count).